The van der Waals surface area contributed by atoms with E-state index in [2.05, 4.69) is 5.32 Å². The predicted octanol–water partition coefficient (Wildman–Crippen LogP) is 5.43. The molecule has 0 saturated heterocycles. The third kappa shape index (κ3) is 8.47. The van der Waals surface area contributed by atoms with Crippen LogP contribution in [0.4, 0.5) is 5.69 Å². The van der Waals surface area contributed by atoms with Gasteiger partial charge in [-0.05, 0) is 74.7 Å². The van der Waals surface area contributed by atoms with Crippen molar-refractivity contribution in [3.8, 4) is 5.75 Å². The summed E-state index contributed by atoms with van der Waals surface area (Å²) < 4.78 is 34.4. The Balaban J connectivity index is 2.01. The van der Waals surface area contributed by atoms with Crippen molar-refractivity contribution in [1.29, 1.82) is 0 Å². The number of carbonyl (C=O) groups is 2. The molecule has 2 amide bonds. The van der Waals surface area contributed by atoms with Crippen molar-refractivity contribution >= 4 is 39.1 Å². The van der Waals surface area contributed by atoms with Crippen molar-refractivity contribution in [2.24, 2.45) is 5.92 Å². The fraction of sp³-hybridized carbons (Fsp3) is 0.355. The zero-order valence-corrected chi connectivity index (χ0v) is 25.7. The molecule has 1 N–H and O–H groups in total. The maximum absolute atomic E-state index is 14.0. The minimum absolute atomic E-state index is 0.00899. The number of benzene rings is 3. The van der Waals surface area contributed by atoms with Gasteiger partial charge in [0.1, 0.15) is 18.3 Å². The molecule has 41 heavy (non-hydrogen) atoms. The Morgan fingerprint density at radius 3 is 2.17 bits per heavy atom. The highest BCUT2D eigenvalue weighted by molar-refractivity contribution is 7.92. The number of hydrogen-bond acceptors (Lipinski definition) is 5. The number of sulfonamides is 1. The van der Waals surface area contributed by atoms with E-state index < -0.39 is 28.5 Å². The van der Waals surface area contributed by atoms with Crippen LogP contribution in [0.5, 0.6) is 5.75 Å². The van der Waals surface area contributed by atoms with Crippen LogP contribution in [-0.2, 0) is 26.2 Å². The lowest BCUT2D eigenvalue weighted by molar-refractivity contribution is -0.139. The second-order valence-corrected chi connectivity index (χ2v) is 12.4. The van der Waals surface area contributed by atoms with Crippen LogP contribution < -0.4 is 14.4 Å². The normalized spacial score (nSPS) is 12.1. The molecule has 1 unspecified atom stereocenters. The van der Waals surface area contributed by atoms with Gasteiger partial charge >= 0.3 is 0 Å². The lowest BCUT2D eigenvalue weighted by Gasteiger charge is -2.32. The highest BCUT2D eigenvalue weighted by Gasteiger charge is 2.32. The van der Waals surface area contributed by atoms with Gasteiger partial charge in [-0.2, -0.15) is 0 Å². The van der Waals surface area contributed by atoms with E-state index in [9.17, 15) is 18.0 Å². The van der Waals surface area contributed by atoms with Crippen LogP contribution in [0.1, 0.15) is 38.8 Å². The molecule has 8 nitrogen and oxygen atoms in total. The number of anilines is 1. The van der Waals surface area contributed by atoms with Gasteiger partial charge in [0.2, 0.25) is 11.8 Å². The molecule has 0 aromatic heterocycles. The molecule has 0 heterocycles. The van der Waals surface area contributed by atoms with Gasteiger partial charge in [0.25, 0.3) is 10.0 Å². The number of rotatable bonds is 13. The summed E-state index contributed by atoms with van der Waals surface area (Å²) in [5, 5.41) is 3.31. The average Bonchev–Trinajstić information content (AvgIpc) is 2.94. The molecule has 3 aromatic carbocycles. The molecule has 10 heteroatoms. The second kappa shape index (κ2) is 14.4. The summed E-state index contributed by atoms with van der Waals surface area (Å²) >= 11 is 6.41. The summed E-state index contributed by atoms with van der Waals surface area (Å²) in [7, 11) is -4.17. The monoisotopic (exact) mass is 599 g/mol. The number of hydrogen-bond donors (Lipinski definition) is 1. The number of halogens is 1. The Morgan fingerprint density at radius 1 is 0.951 bits per heavy atom. The first-order valence-electron chi connectivity index (χ1n) is 13.6. The maximum atomic E-state index is 14.0. The van der Waals surface area contributed by atoms with Gasteiger partial charge in [-0.15, -0.1) is 0 Å². The highest BCUT2D eigenvalue weighted by Crippen LogP contribution is 2.27. The zero-order valence-electron chi connectivity index (χ0n) is 24.1. The van der Waals surface area contributed by atoms with Gasteiger partial charge in [0.05, 0.1) is 17.2 Å². The Bertz CT molecular complexity index is 1430. The molecule has 0 radical (unpaired) electrons. The fourth-order valence-electron chi connectivity index (χ4n) is 4.09. The number of aryl methyl sites for hydroxylation is 1. The van der Waals surface area contributed by atoms with E-state index in [1.54, 1.807) is 67.6 Å². The molecule has 0 aliphatic carbocycles. The van der Waals surface area contributed by atoms with Crippen molar-refractivity contribution in [2.75, 3.05) is 24.0 Å². The van der Waals surface area contributed by atoms with E-state index in [0.29, 0.717) is 35.2 Å². The summed E-state index contributed by atoms with van der Waals surface area (Å²) in [6.07, 6.45) is 0. The standard InChI is InChI=1S/C31H38ClN3O5S/c1-6-40-27-15-17-28(18-16-27)41(38,39)35(26-13-11-23(4)12-14-26)21-30(36)34(20-25-9-7-8-10-29(25)32)24(5)31(37)33-19-22(2)3/h7-18,22,24H,6,19-21H2,1-5H3,(H,33,37). The Hall–Kier alpha value is -3.56. The average molecular weight is 600 g/mol. The van der Waals surface area contributed by atoms with Crippen LogP contribution in [0.2, 0.25) is 5.02 Å². The molecule has 0 aliphatic rings. The summed E-state index contributed by atoms with van der Waals surface area (Å²) in [6.45, 7) is 9.70. The van der Waals surface area contributed by atoms with E-state index >= 15 is 0 Å². The molecule has 1 atom stereocenters. The molecule has 0 spiro atoms. The largest absolute Gasteiger partial charge is 0.494 e. The van der Waals surface area contributed by atoms with Crippen LogP contribution in [0.3, 0.4) is 0 Å². The molecule has 0 saturated carbocycles. The van der Waals surface area contributed by atoms with E-state index in [1.807, 2.05) is 27.7 Å². The van der Waals surface area contributed by atoms with E-state index in [-0.39, 0.29) is 23.3 Å². The summed E-state index contributed by atoms with van der Waals surface area (Å²) in [4.78, 5) is 28.4. The number of ether oxygens (including phenoxy) is 1. The number of nitrogens with one attached hydrogen (secondary N) is 1. The summed E-state index contributed by atoms with van der Waals surface area (Å²) in [6, 6.07) is 19.1. The van der Waals surface area contributed by atoms with E-state index in [4.69, 9.17) is 16.3 Å². The number of amides is 2. The maximum Gasteiger partial charge on any atom is 0.264 e. The van der Waals surface area contributed by atoms with Gasteiger partial charge in [-0.3, -0.25) is 13.9 Å². The third-order valence-electron chi connectivity index (χ3n) is 6.47. The van der Waals surface area contributed by atoms with Crippen molar-refractivity contribution in [3.63, 3.8) is 0 Å². The molecule has 3 rings (SSSR count). The molecule has 0 fully saturated rings. The van der Waals surface area contributed by atoms with Crippen LogP contribution in [0.25, 0.3) is 0 Å². The first-order chi connectivity index (χ1) is 19.4. The van der Waals surface area contributed by atoms with Crippen LogP contribution in [-0.4, -0.2) is 50.9 Å². The van der Waals surface area contributed by atoms with Crippen molar-refractivity contribution in [3.05, 3.63) is 88.9 Å². The first kappa shape index (κ1) is 32.0. The van der Waals surface area contributed by atoms with Gasteiger partial charge in [0.15, 0.2) is 0 Å². The molecule has 0 bridgehead atoms. The zero-order chi connectivity index (χ0) is 30.2. The second-order valence-electron chi connectivity index (χ2n) is 10.2. The number of carbonyl (C=O) groups excluding carboxylic acids is 2. The minimum Gasteiger partial charge on any atom is -0.494 e. The first-order valence-corrected chi connectivity index (χ1v) is 15.4. The molecular weight excluding hydrogens is 562 g/mol. The molecular formula is C31H38ClN3O5S. The fourth-order valence-corrected chi connectivity index (χ4v) is 5.70. The minimum atomic E-state index is -4.17. The van der Waals surface area contributed by atoms with Crippen LogP contribution in [0.15, 0.2) is 77.7 Å². The quantitative estimate of drug-likeness (QED) is 0.283. The van der Waals surface area contributed by atoms with Gasteiger partial charge < -0.3 is 15.0 Å². The highest BCUT2D eigenvalue weighted by atomic mass is 35.5. The lowest BCUT2D eigenvalue weighted by atomic mass is 10.1. The van der Waals surface area contributed by atoms with Crippen LogP contribution >= 0.6 is 11.6 Å². The van der Waals surface area contributed by atoms with Gasteiger partial charge in [0, 0.05) is 18.1 Å². The van der Waals surface area contributed by atoms with Crippen molar-refractivity contribution in [2.45, 2.75) is 52.1 Å². The Kier molecular flexibility index (Phi) is 11.2. The summed E-state index contributed by atoms with van der Waals surface area (Å²) in [5.41, 5.74) is 1.91. The van der Waals surface area contributed by atoms with Crippen LogP contribution in [0, 0.1) is 12.8 Å². The van der Waals surface area contributed by atoms with E-state index in [0.717, 1.165) is 9.87 Å². The smallest absolute Gasteiger partial charge is 0.264 e. The number of nitrogens with zero attached hydrogens (tertiary/aromatic N) is 2. The van der Waals surface area contributed by atoms with Crippen molar-refractivity contribution < 1.29 is 22.7 Å². The molecule has 3 aromatic rings. The SMILES string of the molecule is CCOc1ccc(S(=O)(=O)N(CC(=O)N(Cc2ccccc2Cl)C(C)C(=O)NCC(C)C)c2ccc(C)cc2)cc1. The van der Waals surface area contributed by atoms with Gasteiger partial charge in [-0.25, -0.2) is 8.42 Å². The Morgan fingerprint density at radius 2 is 1.59 bits per heavy atom. The third-order valence-corrected chi connectivity index (χ3v) is 8.63. The van der Waals surface area contributed by atoms with Gasteiger partial charge in [-0.1, -0.05) is 61.3 Å². The van der Waals surface area contributed by atoms with Crippen molar-refractivity contribution in [1.82, 2.24) is 10.2 Å². The lowest BCUT2D eigenvalue weighted by Crippen LogP contribution is -2.51. The van der Waals surface area contributed by atoms with E-state index in [1.165, 1.54) is 17.0 Å². The molecule has 0 aliphatic heterocycles. The summed E-state index contributed by atoms with van der Waals surface area (Å²) in [5.74, 6) is -0.130. The topological polar surface area (TPSA) is 96.0 Å². The molecule has 220 valence electrons. The Labute approximate surface area is 248 Å². The predicted molar refractivity (Wildman–Crippen MR) is 163 cm³/mol.